The number of likely N-dealkylation sites (N-methyl/N-ethyl adjacent to an activating group) is 1. The largest absolute Gasteiger partial charge is 0.496 e. The van der Waals surface area contributed by atoms with Gasteiger partial charge in [-0.15, -0.1) is 0 Å². The predicted molar refractivity (Wildman–Crippen MR) is 71.0 cm³/mol. The van der Waals surface area contributed by atoms with E-state index in [1.54, 1.807) is 20.1 Å². The third-order valence-electron chi connectivity index (χ3n) is 3.01. The van der Waals surface area contributed by atoms with Crippen molar-refractivity contribution in [1.29, 1.82) is 0 Å². The van der Waals surface area contributed by atoms with E-state index < -0.39 is 11.9 Å². The minimum Gasteiger partial charge on any atom is -0.496 e. The molecule has 106 valence electrons. The molecule has 0 saturated carbocycles. The maximum absolute atomic E-state index is 13.2. The number of carboxylic acid groups (broad SMARTS) is 1. The highest BCUT2D eigenvalue weighted by Crippen LogP contribution is 2.20. The molecule has 0 heterocycles. The summed E-state index contributed by atoms with van der Waals surface area (Å²) in [7, 11) is 3.40. The fraction of sp³-hybridized carbons (Fsp3) is 0.500. The summed E-state index contributed by atoms with van der Waals surface area (Å²) in [6, 6.07) is 4.41. The standard InChI is InChI=1S/C14H20FNO3/c1-10(14(17)18)9-16(2)7-6-11-8-12(15)4-5-13(11)19-3/h4-5,8,10H,6-7,9H2,1-3H3,(H,17,18). The summed E-state index contributed by atoms with van der Waals surface area (Å²) < 4.78 is 18.3. The molecule has 1 aromatic carbocycles. The highest BCUT2D eigenvalue weighted by Gasteiger charge is 2.14. The fourth-order valence-electron chi connectivity index (χ4n) is 1.89. The van der Waals surface area contributed by atoms with Crippen molar-refractivity contribution in [3.05, 3.63) is 29.6 Å². The summed E-state index contributed by atoms with van der Waals surface area (Å²) in [5.74, 6) is -0.868. The number of hydrogen-bond donors (Lipinski definition) is 1. The van der Waals surface area contributed by atoms with Crippen LogP contribution in [-0.4, -0.2) is 43.2 Å². The lowest BCUT2D eigenvalue weighted by atomic mass is 10.1. The zero-order valence-corrected chi connectivity index (χ0v) is 11.5. The molecule has 0 aliphatic rings. The second kappa shape index (κ2) is 7.09. The minimum atomic E-state index is -0.810. The lowest BCUT2D eigenvalue weighted by molar-refractivity contribution is -0.141. The van der Waals surface area contributed by atoms with E-state index in [1.165, 1.54) is 12.1 Å². The molecule has 0 bridgehead atoms. The smallest absolute Gasteiger partial charge is 0.307 e. The van der Waals surface area contributed by atoms with Crippen molar-refractivity contribution in [3.8, 4) is 5.75 Å². The SMILES string of the molecule is COc1ccc(F)cc1CCN(C)CC(C)C(=O)O. The average molecular weight is 269 g/mol. The second-order valence-electron chi connectivity index (χ2n) is 4.71. The summed E-state index contributed by atoms with van der Waals surface area (Å²) in [4.78, 5) is 12.7. The maximum atomic E-state index is 13.2. The predicted octanol–water partition coefficient (Wildman–Crippen LogP) is 2.03. The van der Waals surface area contributed by atoms with Gasteiger partial charge in [-0.2, -0.15) is 0 Å². The Morgan fingerprint density at radius 1 is 1.53 bits per heavy atom. The van der Waals surface area contributed by atoms with Crippen LogP contribution in [0.4, 0.5) is 4.39 Å². The number of nitrogens with zero attached hydrogens (tertiary/aromatic N) is 1. The zero-order valence-electron chi connectivity index (χ0n) is 11.5. The first-order valence-corrected chi connectivity index (χ1v) is 6.17. The van der Waals surface area contributed by atoms with Crippen LogP contribution in [0, 0.1) is 11.7 Å². The molecular weight excluding hydrogens is 249 g/mol. The van der Waals surface area contributed by atoms with Gasteiger partial charge in [-0.05, 0) is 37.2 Å². The molecule has 0 saturated heterocycles. The number of rotatable bonds is 7. The number of aliphatic carboxylic acids is 1. The zero-order chi connectivity index (χ0) is 14.4. The van der Waals surface area contributed by atoms with E-state index in [4.69, 9.17) is 9.84 Å². The van der Waals surface area contributed by atoms with E-state index >= 15 is 0 Å². The van der Waals surface area contributed by atoms with Gasteiger partial charge in [-0.1, -0.05) is 6.92 Å². The van der Waals surface area contributed by atoms with Gasteiger partial charge in [0.05, 0.1) is 13.0 Å². The van der Waals surface area contributed by atoms with Crippen LogP contribution in [0.3, 0.4) is 0 Å². The molecule has 0 aromatic heterocycles. The Hall–Kier alpha value is -1.62. The first-order valence-electron chi connectivity index (χ1n) is 6.17. The lowest BCUT2D eigenvalue weighted by Gasteiger charge is -2.19. The van der Waals surface area contributed by atoms with E-state index in [9.17, 15) is 9.18 Å². The Labute approximate surface area is 112 Å². The first-order chi connectivity index (χ1) is 8.93. The van der Waals surface area contributed by atoms with Crippen molar-refractivity contribution in [2.75, 3.05) is 27.2 Å². The summed E-state index contributed by atoms with van der Waals surface area (Å²) in [5, 5.41) is 8.84. The number of halogens is 1. The Kier molecular flexibility index (Phi) is 5.76. The number of hydrogen-bond acceptors (Lipinski definition) is 3. The molecule has 0 radical (unpaired) electrons. The highest BCUT2D eigenvalue weighted by molar-refractivity contribution is 5.69. The van der Waals surface area contributed by atoms with Crippen molar-refractivity contribution >= 4 is 5.97 Å². The van der Waals surface area contributed by atoms with Crippen LogP contribution in [0.15, 0.2) is 18.2 Å². The van der Waals surface area contributed by atoms with Gasteiger partial charge in [0.2, 0.25) is 0 Å². The van der Waals surface area contributed by atoms with Crippen LogP contribution in [0.25, 0.3) is 0 Å². The molecule has 0 aliphatic carbocycles. The third kappa shape index (κ3) is 4.87. The van der Waals surface area contributed by atoms with Gasteiger partial charge < -0.3 is 14.7 Å². The molecule has 1 atom stereocenters. The quantitative estimate of drug-likeness (QED) is 0.823. The molecule has 0 aliphatic heterocycles. The normalized spacial score (nSPS) is 12.5. The van der Waals surface area contributed by atoms with E-state index in [1.807, 2.05) is 11.9 Å². The summed E-state index contributed by atoms with van der Waals surface area (Å²) in [5.41, 5.74) is 0.789. The number of carbonyl (C=O) groups is 1. The van der Waals surface area contributed by atoms with E-state index in [0.717, 1.165) is 5.56 Å². The molecule has 19 heavy (non-hydrogen) atoms. The molecule has 1 N–H and O–H groups in total. The molecule has 1 unspecified atom stereocenters. The molecule has 0 fully saturated rings. The van der Waals surface area contributed by atoms with Crippen LogP contribution in [0.5, 0.6) is 5.75 Å². The molecule has 4 nitrogen and oxygen atoms in total. The average Bonchev–Trinajstić information content (AvgIpc) is 2.36. The number of carboxylic acids is 1. The van der Waals surface area contributed by atoms with Gasteiger partial charge in [0.1, 0.15) is 11.6 Å². The molecule has 0 spiro atoms. The van der Waals surface area contributed by atoms with E-state index in [0.29, 0.717) is 25.3 Å². The van der Waals surface area contributed by atoms with Crippen LogP contribution in [0.2, 0.25) is 0 Å². The Morgan fingerprint density at radius 3 is 2.79 bits per heavy atom. The van der Waals surface area contributed by atoms with Crippen LogP contribution >= 0.6 is 0 Å². The lowest BCUT2D eigenvalue weighted by Crippen LogP contribution is -2.30. The molecule has 0 amide bonds. The molecule has 1 aromatic rings. The van der Waals surface area contributed by atoms with Gasteiger partial charge in [0.15, 0.2) is 0 Å². The second-order valence-corrected chi connectivity index (χ2v) is 4.71. The van der Waals surface area contributed by atoms with E-state index in [-0.39, 0.29) is 5.82 Å². The van der Waals surface area contributed by atoms with Crippen molar-refractivity contribution < 1.29 is 19.0 Å². The van der Waals surface area contributed by atoms with Crippen LogP contribution < -0.4 is 4.74 Å². The van der Waals surface area contributed by atoms with Crippen molar-refractivity contribution in [2.45, 2.75) is 13.3 Å². The Balaban J connectivity index is 2.56. The van der Waals surface area contributed by atoms with Crippen molar-refractivity contribution in [2.24, 2.45) is 5.92 Å². The number of benzene rings is 1. The topological polar surface area (TPSA) is 49.8 Å². The maximum Gasteiger partial charge on any atom is 0.307 e. The highest BCUT2D eigenvalue weighted by atomic mass is 19.1. The summed E-state index contributed by atoms with van der Waals surface area (Å²) >= 11 is 0. The Bertz CT molecular complexity index is 437. The van der Waals surface area contributed by atoms with Gasteiger partial charge in [-0.3, -0.25) is 4.79 Å². The monoisotopic (exact) mass is 269 g/mol. The third-order valence-corrected chi connectivity index (χ3v) is 3.01. The summed E-state index contributed by atoms with van der Waals surface area (Å²) in [6.07, 6.45) is 0.615. The molecule has 5 heteroatoms. The molecule has 1 rings (SSSR count). The number of methoxy groups -OCH3 is 1. The van der Waals surface area contributed by atoms with Crippen molar-refractivity contribution in [1.82, 2.24) is 4.90 Å². The summed E-state index contributed by atoms with van der Waals surface area (Å²) in [6.45, 7) is 2.78. The van der Waals surface area contributed by atoms with Crippen molar-refractivity contribution in [3.63, 3.8) is 0 Å². The van der Waals surface area contributed by atoms with Crippen LogP contribution in [0.1, 0.15) is 12.5 Å². The van der Waals surface area contributed by atoms with Gasteiger partial charge in [-0.25, -0.2) is 4.39 Å². The van der Waals surface area contributed by atoms with Gasteiger partial charge in [0.25, 0.3) is 0 Å². The van der Waals surface area contributed by atoms with Crippen LogP contribution in [-0.2, 0) is 11.2 Å². The first kappa shape index (κ1) is 15.4. The molecular formula is C14H20FNO3. The van der Waals surface area contributed by atoms with Gasteiger partial charge in [0, 0.05) is 13.1 Å². The fourth-order valence-corrected chi connectivity index (χ4v) is 1.89. The van der Waals surface area contributed by atoms with Gasteiger partial charge >= 0.3 is 5.97 Å². The minimum absolute atomic E-state index is 0.294. The van der Waals surface area contributed by atoms with E-state index in [2.05, 4.69) is 0 Å². The number of ether oxygens (including phenoxy) is 1. The Morgan fingerprint density at radius 2 is 2.21 bits per heavy atom.